The largest absolute Gasteiger partial charge is 0.445 e. The third kappa shape index (κ3) is 6.26. The second kappa shape index (κ2) is 11.5. The molecule has 35 heavy (non-hydrogen) atoms. The number of benzene rings is 1. The molecular weight excluding hydrogens is 466 g/mol. The lowest BCUT2D eigenvalue weighted by Gasteiger charge is -2.37. The maximum absolute atomic E-state index is 13.3. The molecule has 4 rings (SSSR count). The smallest absolute Gasteiger partial charge is 0.408 e. The summed E-state index contributed by atoms with van der Waals surface area (Å²) >= 11 is 1.43. The van der Waals surface area contributed by atoms with Crippen molar-refractivity contribution in [1.82, 2.24) is 24.5 Å². The molecule has 9 nitrogen and oxygen atoms in total. The van der Waals surface area contributed by atoms with Crippen molar-refractivity contribution >= 4 is 28.3 Å². The fraction of sp³-hybridized carbons (Fsp3) is 0.440. The summed E-state index contributed by atoms with van der Waals surface area (Å²) < 4.78 is 6.89. The molecule has 186 valence electrons. The van der Waals surface area contributed by atoms with E-state index in [1.807, 2.05) is 49.6 Å². The Balaban J connectivity index is 1.31. The first-order valence-electron chi connectivity index (χ1n) is 11.9. The third-order valence-electron chi connectivity index (χ3n) is 6.39. The number of amides is 2. The van der Waals surface area contributed by atoms with Crippen molar-refractivity contribution in [3.05, 3.63) is 69.6 Å². The van der Waals surface area contributed by atoms with Crippen LogP contribution in [0.15, 0.2) is 52.8 Å². The van der Waals surface area contributed by atoms with Crippen LogP contribution in [0.25, 0.3) is 4.96 Å². The quantitative estimate of drug-likeness (QED) is 0.514. The van der Waals surface area contributed by atoms with Gasteiger partial charge in [-0.25, -0.2) is 9.78 Å². The number of alkyl carbamates (subject to hydrolysis) is 1. The van der Waals surface area contributed by atoms with Crippen molar-refractivity contribution in [3.63, 3.8) is 0 Å². The molecule has 1 aliphatic rings. The van der Waals surface area contributed by atoms with Gasteiger partial charge in [-0.3, -0.25) is 18.9 Å². The van der Waals surface area contributed by atoms with Crippen molar-refractivity contribution in [2.24, 2.45) is 5.92 Å². The summed E-state index contributed by atoms with van der Waals surface area (Å²) in [5.74, 6) is -0.119. The fourth-order valence-electron chi connectivity index (χ4n) is 4.10. The average Bonchev–Trinajstić information content (AvgIpc) is 3.36. The molecule has 2 atom stereocenters. The summed E-state index contributed by atoms with van der Waals surface area (Å²) in [5.41, 5.74) is 1.54. The molecule has 1 fully saturated rings. The number of nitrogens with zero attached hydrogens (tertiary/aromatic N) is 4. The zero-order valence-electron chi connectivity index (χ0n) is 20.1. The van der Waals surface area contributed by atoms with E-state index in [0.29, 0.717) is 37.7 Å². The Bertz CT molecular complexity index is 1200. The number of thiazole rings is 1. The normalized spacial score (nSPS) is 16.1. The van der Waals surface area contributed by atoms with Crippen LogP contribution in [0.1, 0.15) is 31.5 Å². The van der Waals surface area contributed by atoms with Crippen LogP contribution < -0.4 is 10.9 Å². The van der Waals surface area contributed by atoms with Crippen molar-refractivity contribution < 1.29 is 14.3 Å². The molecule has 3 heterocycles. The molecular formula is C25H31N5O4S. The Labute approximate surface area is 208 Å². The number of hydrogen-bond acceptors (Lipinski definition) is 7. The van der Waals surface area contributed by atoms with Gasteiger partial charge >= 0.3 is 6.09 Å². The highest BCUT2D eigenvalue weighted by Crippen LogP contribution is 2.15. The van der Waals surface area contributed by atoms with Crippen LogP contribution in [-0.4, -0.2) is 63.4 Å². The van der Waals surface area contributed by atoms with E-state index in [0.717, 1.165) is 17.7 Å². The molecule has 0 aliphatic carbocycles. The summed E-state index contributed by atoms with van der Waals surface area (Å²) in [7, 11) is 0. The number of ether oxygens (including phenoxy) is 1. The number of aromatic nitrogens is 2. The third-order valence-corrected chi connectivity index (χ3v) is 7.15. The first kappa shape index (κ1) is 24.9. The summed E-state index contributed by atoms with van der Waals surface area (Å²) in [4.78, 5) is 47.3. The van der Waals surface area contributed by atoms with Gasteiger partial charge in [0.05, 0.1) is 5.69 Å². The first-order chi connectivity index (χ1) is 16.9. The van der Waals surface area contributed by atoms with Crippen molar-refractivity contribution in [2.45, 2.75) is 39.5 Å². The van der Waals surface area contributed by atoms with Gasteiger partial charge < -0.3 is 15.0 Å². The van der Waals surface area contributed by atoms with Gasteiger partial charge in [-0.15, -0.1) is 11.3 Å². The summed E-state index contributed by atoms with van der Waals surface area (Å²) in [6.07, 6.45) is 1.89. The summed E-state index contributed by atoms with van der Waals surface area (Å²) in [5, 5.41) is 4.64. The van der Waals surface area contributed by atoms with Gasteiger partial charge in [0.1, 0.15) is 12.6 Å². The van der Waals surface area contributed by atoms with Gasteiger partial charge in [-0.2, -0.15) is 0 Å². The Kier molecular flexibility index (Phi) is 8.14. The maximum Gasteiger partial charge on any atom is 0.408 e. The lowest BCUT2D eigenvalue weighted by atomic mass is 9.97. The standard InChI is InChI=1S/C25H31N5O4S/c1-3-18(2)22(27-25(33)34-17-19-7-5-4-6-8-19)23(32)29-11-9-28(10-12-29)16-20-15-21(31)30-13-14-35-24(30)26-20/h4-8,13-15,18,22H,3,9-12,16-17H2,1-2H3,(H,27,33)/t18-,22-/m0/s1. The van der Waals surface area contributed by atoms with Gasteiger partial charge in [0.15, 0.2) is 4.96 Å². The minimum atomic E-state index is -0.641. The van der Waals surface area contributed by atoms with Crippen LogP contribution in [0, 0.1) is 5.92 Å². The van der Waals surface area contributed by atoms with E-state index in [2.05, 4.69) is 15.2 Å². The zero-order valence-corrected chi connectivity index (χ0v) is 20.9. The highest BCUT2D eigenvalue weighted by atomic mass is 32.1. The Hall–Kier alpha value is -3.24. The molecule has 3 aromatic rings. The lowest BCUT2D eigenvalue weighted by Crippen LogP contribution is -2.56. The first-order valence-corrected chi connectivity index (χ1v) is 12.8. The van der Waals surface area contributed by atoms with Crippen LogP contribution in [0.2, 0.25) is 0 Å². The van der Waals surface area contributed by atoms with E-state index < -0.39 is 12.1 Å². The molecule has 0 bridgehead atoms. The highest BCUT2D eigenvalue weighted by Gasteiger charge is 2.32. The molecule has 1 saturated heterocycles. The lowest BCUT2D eigenvalue weighted by molar-refractivity contribution is -0.136. The molecule has 2 amide bonds. The number of hydrogen-bond donors (Lipinski definition) is 1. The Morgan fingerprint density at radius 1 is 1.17 bits per heavy atom. The molecule has 0 saturated carbocycles. The second-order valence-corrected chi connectivity index (χ2v) is 9.69. The summed E-state index contributed by atoms with van der Waals surface area (Å²) in [6.45, 7) is 7.11. The highest BCUT2D eigenvalue weighted by molar-refractivity contribution is 7.15. The van der Waals surface area contributed by atoms with Gasteiger partial charge in [0, 0.05) is 50.4 Å². The molecule has 0 radical (unpaired) electrons. The molecule has 1 aliphatic heterocycles. The minimum Gasteiger partial charge on any atom is -0.445 e. The molecule has 1 N–H and O–H groups in total. The topological polar surface area (TPSA) is 96.2 Å². The predicted molar refractivity (Wildman–Crippen MR) is 134 cm³/mol. The van der Waals surface area contributed by atoms with Gasteiger partial charge in [-0.05, 0) is 11.5 Å². The van der Waals surface area contributed by atoms with Crippen LogP contribution in [0.3, 0.4) is 0 Å². The molecule has 2 aromatic heterocycles. The van der Waals surface area contributed by atoms with Crippen LogP contribution in [-0.2, 0) is 22.7 Å². The number of piperazine rings is 1. The molecule has 10 heteroatoms. The van der Waals surface area contributed by atoms with Crippen LogP contribution >= 0.6 is 11.3 Å². The fourth-order valence-corrected chi connectivity index (χ4v) is 4.83. The van der Waals surface area contributed by atoms with Gasteiger partial charge in [0.25, 0.3) is 5.56 Å². The average molecular weight is 498 g/mol. The van der Waals surface area contributed by atoms with Gasteiger partial charge in [-0.1, -0.05) is 50.6 Å². The number of rotatable bonds is 8. The van der Waals surface area contributed by atoms with Gasteiger partial charge in [0.2, 0.25) is 5.91 Å². The van der Waals surface area contributed by atoms with E-state index in [1.54, 1.807) is 17.2 Å². The number of carbonyl (C=O) groups excluding carboxylic acids is 2. The van der Waals surface area contributed by atoms with E-state index in [-0.39, 0.29) is 24.0 Å². The predicted octanol–water partition coefficient (Wildman–Crippen LogP) is 2.74. The van der Waals surface area contributed by atoms with Crippen LogP contribution in [0.5, 0.6) is 0 Å². The number of carbonyl (C=O) groups is 2. The monoisotopic (exact) mass is 497 g/mol. The van der Waals surface area contributed by atoms with Crippen LogP contribution in [0.4, 0.5) is 4.79 Å². The Morgan fingerprint density at radius 3 is 2.63 bits per heavy atom. The second-order valence-electron chi connectivity index (χ2n) is 8.81. The van der Waals surface area contributed by atoms with E-state index in [4.69, 9.17) is 4.74 Å². The molecule has 1 aromatic carbocycles. The van der Waals surface area contributed by atoms with Crippen molar-refractivity contribution in [1.29, 1.82) is 0 Å². The van der Waals surface area contributed by atoms with Crippen molar-refractivity contribution in [3.8, 4) is 0 Å². The van der Waals surface area contributed by atoms with E-state index in [9.17, 15) is 14.4 Å². The van der Waals surface area contributed by atoms with Crippen molar-refractivity contribution in [2.75, 3.05) is 26.2 Å². The van der Waals surface area contributed by atoms with E-state index >= 15 is 0 Å². The molecule has 0 unspecified atom stereocenters. The van der Waals surface area contributed by atoms with E-state index in [1.165, 1.54) is 15.7 Å². The SMILES string of the molecule is CC[C@H](C)[C@H](NC(=O)OCc1ccccc1)C(=O)N1CCN(Cc2cc(=O)n3ccsc3n2)CC1. The maximum atomic E-state index is 13.3. The number of fused-ring (bicyclic) bond motifs is 1. The zero-order chi connectivity index (χ0) is 24.8. The minimum absolute atomic E-state index is 0.0282. The molecule has 0 spiro atoms. The number of nitrogens with one attached hydrogen (secondary N) is 1. The Morgan fingerprint density at radius 2 is 1.91 bits per heavy atom. The summed E-state index contributed by atoms with van der Waals surface area (Å²) in [6, 6.07) is 10.4.